The molecule has 2 rings (SSSR count). The fourth-order valence-corrected chi connectivity index (χ4v) is 3.01. The summed E-state index contributed by atoms with van der Waals surface area (Å²) in [5.74, 6) is 0.835. The lowest BCUT2D eigenvalue weighted by molar-refractivity contribution is 0.579. The topological polar surface area (TPSA) is 15.3 Å². The van der Waals surface area contributed by atoms with Crippen LogP contribution in [-0.2, 0) is 0 Å². The monoisotopic (exact) mass is 210 g/mol. The van der Waals surface area contributed by atoms with Crippen molar-refractivity contribution in [2.75, 3.05) is 31.6 Å². The number of thiophene rings is 1. The number of aryl methyl sites for hydroxylation is 1. The SMILES string of the molecule is Cc1ccsc1N(C)CC1CCNC1. The van der Waals surface area contributed by atoms with Gasteiger partial charge in [-0.25, -0.2) is 0 Å². The van der Waals surface area contributed by atoms with Gasteiger partial charge in [0, 0.05) is 13.6 Å². The second-order valence-corrected chi connectivity index (χ2v) is 5.04. The summed E-state index contributed by atoms with van der Waals surface area (Å²) in [5.41, 5.74) is 1.41. The lowest BCUT2D eigenvalue weighted by Crippen LogP contribution is -2.26. The van der Waals surface area contributed by atoms with E-state index < -0.39 is 0 Å². The summed E-state index contributed by atoms with van der Waals surface area (Å²) in [6.45, 7) is 5.76. The van der Waals surface area contributed by atoms with Gasteiger partial charge in [-0.05, 0) is 49.4 Å². The summed E-state index contributed by atoms with van der Waals surface area (Å²) in [5, 5.41) is 7.02. The zero-order valence-electron chi connectivity index (χ0n) is 8.92. The van der Waals surface area contributed by atoms with Gasteiger partial charge in [-0.3, -0.25) is 0 Å². The van der Waals surface area contributed by atoms with E-state index in [1.54, 1.807) is 0 Å². The van der Waals surface area contributed by atoms with Crippen LogP contribution in [0.2, 0.25) is 0 Å². The summed E-state index contributed by atoms with van der Waals surface area (Å²) >= 11 is 1.85. The molecule has 0 aromatic carbocycles. The Hall–Kier alpha value is -0.540. The van der Waals surface area contributed by atoms with E-state index in [1.807, 2.05) is 11.3 Å². The van der Waals surface area contributed by atoms with E-state index in [4.69, 9.17) is 0 Å². The minimum absolute atomic E-state index is 0.835. The molecular formula is C11H18N2S. The molecule has 2 heterocycles. The number of rotatable bonds is 3. The lowest BCUT2D eigenvalue weighted by atomic mass is 10.1. The van der Waals surface area contributed by atoms with Gasteiger partial charge in [0.2, 0.25) is 0 Å². The molecule has 0 amide bonds. The van der Waals surface area contributed by atoms with Gasteiger partial charge in [-0.1, -0.05) is 0 Å². The number of nitrogens with one attached hydrogen (secondary N) is 1. The highest BCUT2D eigenvalue weighted by atomic mass is 32.1. The number of nitrogens with zero attached hydrogens (tertiary/aromatic N) is 1. The Balaban J connectivity index is 1.95. The van der Waals surface area contributed by atoms with Crippen LogP contribution in [0.25, 0.3) is 0 Å². The van der Waals surface area contributed by atoms with E-state index in [0.29, 0.717) is 0 Å². The largest absolute Gasteiger partial charge is 0.366 e. The van der Waals surface area contributed by atoms with Crippen molar-refractivity contribution in [2.24, 2.45) is 5.92 Å². The quantitative estimate of drug-likeness (QED) is 0.822. The third-order valence-corrected chi connectivity index (χ3v) is 4.01. The molecule has 78 valence electrons. The van der Waals surface area contributed by atoms with Crippen molar-refractivity contribution in [3.05, 3.63) is 17.0 Å². The first-order valence-electron chi connectivity index (χ1n) is 5.23. The molecule has 2 nitrogen and oxygen atoms in total. The van der Waals surface area contributed by atoms with Crippen molar-refractivity contribution in [1.29, 1.82) is 0 Å². The highest BCUT2D eigenvalue weighted by Crippen LogP contribution is 2.26. The second kappa shape index (κ2) is 4.32. The Labute approximate surface area is 89.9 Å². The molecule has 1 atom stereocenters. The van der Waals surface area contributed by atoms with Gasteiger partial charge in [0.1, 0.15) is 0 Å². The number of hydrogen-bond acceptors (Lipinski definition) is 3. The van der Waals surface area contributed by atoms with Crippen molar-refractivity contribution in [1.82, 2.24) is 5.32 Å². The maximum atomic E-state index is 3.41. The minimum Gasteiger partial charge on any atom is -0.366 e. The molecule has 0 radical (unpaired) electrons. The van der Waals surface area contributed by atoms with Crippen molar-refractivity contribution < 1.29 is 0 Å². The first-order chi connectivity index (χ1) is 6.77. The predicted octanol–water partition coefficient (Wildman–Crippen LogP) is 2.10. The maximum absolute atomic E-state index is 3.41. The first kappa shape index (κ1) is 9.99. The minimum atomic E-state index is 0.835. The van der Waals surface area contributed by atoms with Gasteiger partial charge in [0.15, 0.2) is 0 Å². The molecule has 14 heavy (non-hydrogen) atoms. The lowest BCUT2D eigenvalue weighted by Gasteiger charge is -2.21. The Kier molecular flexibility index (Phi) is 3.08. The first-order valence-corrected chi connectivity index (χ1v) is 6.11. The van der Waals surface area contributed by atoms with Crippen LogP contribution in [0.4, 0.5) is 5.00 Å². The molecule has 3 heteroatoms. The number of hydrogen-bond donors (Lipinski definition) is 1. The van der Waals surface area contributed by atoms with Crippen LogP contribution in [0.3, 0.4) is 0 Å². The summed E-state index contributed by atoms with van der Waals surface area (Å²) < 4.78 is 0. The smallest absolute Gasteiger partial charge is 0.0935 e. The summed E-state index contributed by atoms with van der Waals surface area (Å²) in [6.07, 6.45) is 1.33. The molecular weight excluding hydrogens is 192 g/mol. The van der Waals surface area contributed by atoms with E-state index in [0.717, 1.165) is 5.92 Å². The van der Waals surface area contributed by atoms with Crippen LogP contribution >= 0.6 is 11.3 Å². The second-order valence-electron chi connectivity index (χ2n) is 4.15. The van der Waals surface area contributed by atoms with Gasteiger partial charge < -0.3 is 10.2 Å². The molecule has 1 aromatic rings. The van der Waals surface area contributed by atoms with E-state index in [-0.39, 0.29) is 0 Å². The molecule has 1 aromatic heterocycles. The van der Waals surface area contributed by atoms with Crippen LogP contribution in [0.5, 0.6) is 0 Å². The Bertz CT molecular complexity index is 289. The maximum Gasteiger partial charge on any atom is 0.0935 e. The number of anilines is 1. The molecule has 0 saturated carbocycles. The van der Waals surface area contributed by atoms with Crippen LogP contribution in [-0.4, -0.2) is 26.7 Å². The third kappa shape index (κ3) is 2.10. The van der Waals surface area contributed by atoms with E-state index in [2.05, 4.69) is 35.6 Å². The van der Waals surface area contributed by atoms with Gasteiger partial charge in [0.05, 0.1) is 5.00 Å². The predicted molar refractivity (Wildman–Crippen MR) is 63.3 cm³/mol. The molecule has 0 bridgehead atoms. The fraction of sp³-hybridized carbons (Fsp3) is 0.636. The molecule has 1 aliphatic heterocycles. The van der Waals surface area contributed by atoms with Crippen molar-refractivity contribution in [3.63, 3.8) is 0 Å². The summed E-state index contributed by atoms with van der Waals surface area (Å²) in [6, 6.07) is 2.20. The van der Waals surface area contributed by atoms with E-state index in [1.165, 1.54) is 36.6 Å². The van der Waals surface area contributed by atoms with Gasteiger partial charge >= 0.3 is 0 Å². The Morgan fingerprint density at radius 2 is 2.50 bits per heavy atom. The average molecular weight is 210 g/mol. The molecule has 0 aliphatic carbocycles. The molecule has 1 aliphatic rings. The highest BCUT2D eigenvalue weighted by Gasteiger charge is 2.17. The van der Waals surface area contributed by atoms with Crippen LogP contribution in [0, 0.1) is 12.8 Å². The van der Waals surface area contributed by atoms with Gasteiger partial charge in [-0.2, -0.15) is 0 Å². The van der Waals surface area contributed by atoms with Crippen molar-refractivity contribution in [2.45, 2.75) is 13.3 Å². The Morgan fingerprint density at radius 3 is 3.07 bits per heavy atom. The summed E-state index contributed by atoms with van der Waals surface area (Å²) in [4.78, 5) is 2.40. The van der Waals surface area contributed by atoms with Gasteiger partial charge in [-0.15, -0.1) is 11.3 Å². The molecule has 1 N–H and O–H groups in total. The fourth-order valence-electron chi connectivity index (χ4n) is 2.10. The highest BCUT2D eigenvalue weighted by molar-refractivity contribution is 7.14. The molecule has 0 spiro atoms. The van der Waals surface area contributed by atoms with Crippen LogP contribution < -0.4 is 10.2 Å². The third-order valence-electron chi connectivity index (χ3n) is 2.88. The zero-order valence-corrected chi connectivity index (χ0v) is 9.73. The Morgan fingerprint density at radius 1 is 1.64 bits per heavy atom. The van der Waals surface area contributed by atoms with Crippen molar-refractivity contribution >= 4 is 16.3 Å². The van der Waals surface area contributed by atoms with E-state index >= 15 is 0 Å². The molecule has 1 unspecified atom stereocenters. The standard InChI is InChI=1S/C11H18N2S/c1-9-4-6-14-11(9)13(2)8-10-3-5-12-7-10/h4,6,10,12H,3,5,7-8H2,1-2H3. The normalized spacial score (nSPS) is 21.4. The van der Waals surface area contributed by atoms with Crippen LogP contribution in [0.1, 0.15) is 12.0 Å². The van der Waals surface area contributed by atoms with E-state index in [9.17, 15) is 0 Å². The zero-order chi connectivity index (χ0) is 9.97. The van der Waals surface area contributed by atoms with Gasteiger partial charge in [0.25, 0.3) is 0 Å². The molecule has 1 fully saturated rings. The summed E-state index contributed by atoms with van der Waals surface area (Å²) in [7, 11) is 2.21. The van der Waals surface area contributed by atoms with Crippen molar-refractivity contribution in [3.8, 4) is 0 Å². The van der Waals surface area contributed by atoms with Crippen LogP contribution in [0.15, 0.2) is 11.4 Å². The average Bonchev–Trinajstić information content (AvgIpc) is 2.75. The molecule has 1 saturated heterocycles.